The number of methoxy groups -OCH3 is 1. The molecule has 0 aliphatic rings. The average Bonchev–Trinajstić information content (AvgIpc) is 2.71. The van der Waals surface area contributed by atoms with Gasteiger partial charge in [0, 0.05) is 26.2 Å². The fraction of sp³-hybridized carbons (Fsp3) is 0.667. The SMILES string of the molecule is CCc1ccc(CNC(C)CCOC)o1. The van der Waals surface area contributed by atoms with Gasteiger partial charge in [-0.05, 0) is 25.5 Å². The lowest BCUT2D eigenvalue weighted by molar-refractivity contribution is 0.184. The van der Waals surface area contributed by atoms with Crippen molar-refractivity contribution in [2.45, 2.75) is 39.3 Å². The predicted molar refractivity (Wildman–Crippen MR) is 60.9 cm³/mol. The summed E-state index contributed by atoms with van der Waals surface area (Å²) in [7, 11) is 1.73. The van der Waals surface area contributed by atoms with E-state index in [0.29, 0.717) is 6.04 Å². The van der Waals surface area contributed by atoms with Crippen LogP contribution in [0, 0.1) is 0 Å². The summed E-state index contributed by atoms with van der Waals surface area (Å²) in [6.07, 6.45) is 1.98. The fourth-order valence-corrected chi connectivity index (χ4v) is 1.38. The smallest absolute Gasteiger partial charge is 0.117 e. The maximum atomic E-state index is 5.59. The zero-order chi connectivity index (χ0) is 11.1. The van der Waals surface area contributed by atoms with Gasteiger partial charge in [0.1, 0.15) is 11.5 Å². The van der Waals surface area contributed by atoms with E-state index in [1.54, 1.807) is 7.11 Å². The van der Waals surface area contributed by atoms with Gasteiger partial charge in [0.2, 0.25) is 0 Å². The third-order valence-electron chi connectivity index (χ3n) is 2.45. The molecule has 0 spiro atoms. The fourth-order valence-electron chi connectivity index (χ4n) is 1.38. The Labute approximate surface area is 91.8 Å². The minimum absolute atomic E-state index is 0.458. The van der Waals surface area contributed by atoms with Crippen molar-refractivity contribution in [1.82, 2.24) is 5.32 Å². The predicted octanol–water partition coefficient (Wildman–Crippen LogP) is 2.36. The molecular weight excluding hydrogens is 190 g/mol. The van der Waals surface area contributed by atoms with Gasteiger partial charge in [-0.25, -0.2) is 0 Å². The molecule has 1 aromatic heterocycles. The molecule has 86 valence electrons. The molecule has 0 fully saturated rings. The summed E-state index contributed by atoms with van der Waals surface area (Å²) < 4.78 is 10.6. The van der Waals surface area contributed by atoms with Gasteiger partial charge < -0.3 is 14.5 Å². The Kier molecular flexibility index (Phi) is 5.43. The highest BCUT2D eigenvalue weighted by atomic mass is 16.5. The van der Waals surface area contributed by atoms with Crippen LogP contribution in [0.25, 0.3) is 0 Å². The minimum Gasteiger partial charge on any atom is -0.465 e. The lowest BCUT2D eigenvalue weighted by atomic mass is 10.2. The van der Waals surface area contributed by atoms with Gasteiger partial charge >= 0.3 is 0 Å². The Bertz CT molecular complexity index is 270. The van der Waals surface area contributed by atoms with Gasteiger partial charge in [-0.15, -0.1) is 0 Å². The van der Waals surface area contributed by atoms with Crippen molar-refractivity contribution < 1.29 is 9.15 Å². The van der Waals surface area contributed by atoms with Crippen LogP contribution in [-0.2, 0) is 17.7 Å². The molecule has 15 heavy (non-hydrogen) atoms. The highest BCUT2D eigenvalue weighted by molar-refractivity contribution is 5.06. The molecule has 1 rings (SSSR count). The van der Waals surface area contributed by atoms with E-state index >= 15 is 0 Å². The molecule has 1 unspecified atom stereocenters. The van der Waals surface area contributed by atoms with Crippen LogP contribution in [0.4, 0.5) is 0 Å². The number of rotatable bonds is 7. The van der Waals surface area contributed by atoms with E-state index in [1.807, 2.05) is 12.1 Å². The van der Waals surface area contributed by atoms with Crippen LogP contribution >= 0.6 is 0 Å². The van der Waals surface area contributed by atoms with Crippen molar-refractivity contribution in [2.24, 2.45) is 0 Å². The van der Waals surface area contributed by atoms with Crippen LogP contribution in [0.2, 0.25) is 0 Å². The van der Waals surface area contributed by atoms with E-state index in [-0.39, 0.29) is 0 Å². The molecule has 3 nitrogen and oxygen atoms in total. The molecule has 0 saturated carbocycles. The van der Waals surface area contributed by atoms with Crippen LogP contribution < -0.4 is 5.32 Å². The van der Waals surface area contributed by atoms with Gasteiger partial charge in [0.15, 0.2) is 0 Å². The monoisotopic (exact) mass is 211 g/mol. The Morgan fingerprint density at radius 3 is 2.73 bits per heavy atom. The highest BCUT2D eigenvalue weighted by Gasteiger charge is 2.03. The maximum Gasteiger partial charge on any atom is 0.117 e. The maximum absolute atomic E-state index is 5.59. The summed E-state index contributed by atoms with van der Waals surface area (Å²) in [5.74, 6) is 2.06. The third kappa shape index (κ3) is 4.49. The Hall–Kier alpha value is -0.800. The van der Waals surface area contributed by atoms with Gasteiger partial charge in [0.05, 0.1) is 6.54 Å². The Balaban J connectivity index is 2.24. The zero-order valence-corrected chi connectivity index (χ0v) is 9.88. The van der Waals surface area contributed by atoms with Gasteiger partial charge in [-0.1, -0.05) is 6.92 Å². The van der Waals surface area contributed by atoms with Crippen LogP contribution in [-0.4, -0.2) is 19.8 Å². The first-order valence-corrected chi connectivity index (χ1v) is 5.56. The summed E-state index contributed by atoms with van der Waals surface area (Å²) in [4.78, 5) is 0. The van der Waals surface area contributed by atoms with Gasteiger partial charge in [0.25, 0.3) is 0 Å². The first kappa shape index (κ1) is 12.3. The molecule has 0 amide bonds. The Morgan fingerprint density at radius 2 is 2.13 bits per heavy atom. The summed E-state index contributed by atoms with van der Waals surface area (Å²) >= 11 is 0. The summed E-state index contributed by atoms with van der Waals surface area (Å²) in [6, 6.07) is 4.53. The number of aryl methyl sites for hydroxylation is 1. The number of ether oxygens (including phenoxy) is 1. The first-order chi connectivity index (χ1) is 7.26. The van der Waals surface area contributed by atoms with Crippen LogP contribution in [0.15, 0.2) is 16.5 Å². The molecule has 0 aromatic carbocycles. The number of nitrogens with one attached hydrogen (secondary N) is 1. The molecular formula is C12H21NO2. The van der Waals surface area contributed by atoms with E-state index in [9.17, 15) is 0 Å². The van der Waals surface area contributed by atoms with Crippen LogP contribution in [0.3, 0.4) is 0 Å². The molecule has 1 atom stereocenters. The number of furan rings is 1. The molecule has 3 heteroatoms. The summed E-state index contributed by atoms with van der Waals surface area (Å²) in [5.41, 5.74) is 0. The lowest BCUT2D eigenvalue weighted by Gasteiger charge is -2.11. The molecule has 0 aliphatic carbocycles. The quantitative estimate of drug-likeness (QED) is 0.751. The van der Waals surface area contributed by atoms with Crippen molar-refractivity contribution in [3.05, 3.63) is 23.7 Å². The molecule has 0 radical (unpaired) electrons. The van der Waals surface area contributed by atoms with Crippen LogP contribution in [0.1, 0.15) is 31.8 Å². The molecule has 1 aromatic rings. The summed E-state index contributed by atoms with van der Waals surface area (Å²) in [6.45, 7) is 5.84. The molecule has 0 aliphatic heterocycles. The van der Waals surface area contributed by atoms with Crippen molar-refractivity contribution in [1.29, 1.82) is 0 Å². The van der Waals surface area contributed by atoms with E-state index in [1.165, 1.54) is 0 Å². The standard InChI is InChI=1S/C12H21NO2/c1-4-11-5-6-12(15-11)9-13-10(2)7-8-14-3/h5-6,10,13H,4,7-9H2,1-3H3. The van der Waals surface area contributed by atoms with Crippen LogP contribution in [0.5, 0.6) is 0 Å². The lowest BCUT2D eigenvalue weighted by Crippen LogP contribution is -2.26. The van der Waals surface area contributed by atoms with Crippen molar-refractivity contribution in [2.75, 3.05) is 13.7 Å². The second-order valence-electron chi connectivity index (χ2n) is 3.78. The second kappa shape index (κ2) is 6.64. The molecule has 0 saturated heterocycles. The molecule has 1 N–H and O–H groups in total. The van der Waals surface area contributed by atoms with E-state index in [2.05, 4.69) is 19.2 Å². The Morgan fingerprint density at radius 1 is 1.40 bits per heavy atom. The minimum atomic E-state index is 0.458. The number of hydrogen-bond acceptors (Lipinski definition) is 3. The third-order valence-corrected chi connectivity index (χ3v) is 2.45. The normalized spacial score (nSPS) is 13.0. The summed E-state index contributed by atoms with van der Waals surface area (Å²) in [5, 5.41) is 3.40. The topological polar surface area (TPSA) is 34.4 Å². The van der Waals surface area contributed by atoms with Crippen molar-refractivity contribution in [3.63, 3.8) is 0 Å². The second-order valence-corrected chi connectivity index (χ2v) is 3.78. The van der Waals surface area contributed by atoms with Gasteiger partial charge in [-0.3, -0.25) is 0 Å². The van der Waals surface area contributed by atoms with E-state index in [4.69, 9.17) is 9.15 Å². The van der Waals surface area contributed by atoms with E-state index in [0.717, 1.165) is 37.5 Å². The number of hydrogen-bond donors (Lipinski definition) is 1. The molecule has 0 bridgehead atoms. The first-order valence-electron chi connectivity index (χ1n) is 5.56. The van der Waals surface area contributed by atoms with Crippen molar-refractivity contribution in [3.8, 4) is 0 Å². The zero-order valence-electron chi connectivity index (χ0n) is 9.88. The van der Waals surface area contributed by atoms with E-state index < -0.39 is 0 Å². The average molecular weight is 211 g/mol. The van der Waals surface area contributed by atoms with Crippen molar-refractivity contribution >= 4 is 0 Å². The van der Waals surface area contributed by atoms with Gasteiger partial charge in [-0.2, -0.15) is 0 Å². The largest absolute Gasteiger partial charge is 0.465 e. The highest BCUT2D eigenvalue weighted by Crippen LogP contribution is 2.08. The molecule has 1 heterocycles.